The molecule has 0 aliphatic carbocycles. The first-order valence-electron chi connectivity index (χ1n) is 20.6. The van der Waals surface area contributed by atoms with Gasteiger partial charge in [-0.05, 0) is 51.4 Å². The lowest BCUT2D eigenvalue weighted by atomic mass is 10.1. The fraction of sp³-hybridized carbons (Fsp3) is 0.762. The maximum Gasteiger partial charge on any atom is 0.472 e. The minimum atomic E-state index is -4.63. The summed E-state index contributed by atoms with van der Waals surface area (Å²) in [5, 5.41) is 19.1. The monoisotopic (exact) mass is 771 g/mol. The average Bonchev–Trinajstić information content (AvgIpc) is 3.14. The first-order chi connectivity index (χ1) is 25.8. The van der Waals surface area contributed by atoms with E-state index in [-0.39, 0.29) is 12.8 Å². The number of unbranched alkanes of at least 4 members (excludes halogenated alkanes) is 16. The smallest absolute Gasteiger partial charge is 0.457 e. The van der Waals surface area contributed by atoms with Crippen LogP contribution in [-0.4, -0.2) is 65.7 Å². The largest absolute Gasteiger partial charge is 0.472 e. The van der Waals surface area contributed by atoms with Gasteiger partial charge in [-0.1, -0.05) is 152 Å². The van der Waals surface area contributed by atoms with Crippen molar-refractivity contribution in [2.45, 2.75) is 180 Å². The molecule has 0 aliphatic rings. The molecule has 0 heterocycles. The van der Waals surface area contributed by atoms with Gasteiger partial charge in [-0.3, -0.25) is 18.6 Å². The van der Waals surface area contributed by atoms with Crippen LogP contribution in [0.1, 0.15) is 168 Å². The van der Waals surface area contributed by atoms with Crippen LogP contribution in [0.25, 0.3) is 0 Å². The van der Waals surface area contributed by atoms with Gasteiger partial charge in [-0.25, -0.2) is 4.57 Å². The number of carbonyl (C=O) groups excluding carboxylic acids is 2. The molecule has 3 unspecified atom stereocenters. The summed E-state index contributed by atoms with van der Waals surface area (Å²) in [5.41, 5.74) is 0. The number of ether oxygens (including phenoxy) is 2. The predicted octanol–water partition coefficient (Wildman–Crippen LogP) is 10.6. The number of hydrogen-bond acceptors (Lipinski definition) is 9. The first kappa shape index (κ1) is 50.9. The second-order valence-electron chi connectivity index (χ2n) is 13.6. The average molecular weight is 771 g/mol. The van der Waals surface area contributed by atoms with Crippen LogP contribution >= 0.6 is 7.82 Å². The molecular weight excluding hydrogens is 695 g/mol. The highest BCUT2D eigenvalue weighted by atomic mass is 31.2. The molecule has 0 saturated carbocycles. The standard InChI is InChI=1S/C42H75O10P/c1-3-5-7-9-11-13-15-16-17-18-19-20-21-22-24-26-28-30-32-34-42(46)52-40(36-44)38-50-53(47,48)49-37-39(35-43)51-41(45)33-31-29-27-25-23-14-12-10-8-6-4-2/h5,7,11,13,16-17,19-20,39-40,43-44H,3-4,6,8-10,12,14-15,18,21-38H2,1-2H3,(H,47,48)/b7-5-,13-11-,17-16-,20-19-. The molecule has 3 N–H and O–H groups in total. The summed E-state index contributed by atoms with van der Waals surface area (Å²) >= 11 is 0. The summed E-state index contributed by atoms with van der Waals surface area (Å²) < 4.78 is 32.5. The van der Waals surface area contributed by atoms with Crippen LogP contribution in [0.2, 0.25) is 0 Å². The molecule has 0 aromatic rings. The Morgan fingerprint density at radius 1 is 0.528 bits per heavy atom. The summed E-state index contributed by atoms with van der Waals surface area (Å²) in [5.74, 6) is -1.03. The molecule has 0 amide bonds. The van der Waals surface area contributed by atoms with Gasteiger partial charge in [0.2, 0.25) is 0 Å². The molecule has 0 rings (SSSR count). The zero-order valence-corrected chi connectivity index (χ0v) is 34.1. The minimum Gasteiger partial charge on any atom is -0.457 e. The fourth-order valence-corrected chi connectivity index (χ4v) is 6.18. The van der Waals surface area contributed by atoms with Gasteiger partial charge < -0.3 is 24.6 Å². The highest BCUT2D eigenvalue weighted by Gasteiger charge is 2.27. The van der Waals surface area contributed by atoms with E-state index in [4.69, 9.17) is 18.5 Å². The van der Waals surface area contributed by atoms with Crippen molar-refractivity contribution in [1.82, 2.24) is 0 Å². The predicted molar refractivity (Wildman–Crippen MR) is 214 cm³/mol. The van der Waals surface area contributed by atoms with E-state index in [0.29, 0.717) is 12.8 Å². The molecular formula is C42H75O10P. The van der Waals surface area contributed by atoms with Crippen LogP contribution in [0.4, 0.5) is 0 Å². The minimum absolute atomic E-state index is 0.175. The molecule has 10 nitrogen and oxygen atoms in total. The van der Waals surface area contributed by atoms with Crippen molar-refractivity contribution in [3.63, 3.8) is 0 Å². The van der Waals surface area contributed by atoms with Crippen molar-refractivity contribution in [1.29, 1.82) is 0 Å². The highest BCUT2D eigenvalue weighted by Crippen LogP contribution is 2.43. The van der Waals surface area contributed by atoms with E-state index in [1.165, 1.54) is 44.9 Å². The van der Waals surface area contributed by atoms with Crippen molar-refractivity contribution in [3.8, 4) is 0 Å². The van der Waals surface area contributed by atoms with E-state index < -0.39 is 58.4 Å². The van der Waals surface area contributed by atoms with Gasteiger partial charge in [-0.15, -0.1) is 0 Å². The number of phosphoric acid groups is 1. The number of aliphatic hydroxyl groups excluding tert-OH is 2. The van der Waals surface area contributed by atoms with Gasteiger partial charge in [0, 0.05) is 12.8 Å². The molecule has 308 valence electrons. The van der Waals surface area contributed by atoms with Crippen molar-refractivity contribution < 1.29 is 47.8 Å². The zero-order chi connectivity index (χ0) is 39.1. The number of esters is 2. The zero-order valence-electron chi connectivity index (χ0n) is 33.2. The van der Waals surface area contributed by atoms with Crippen LogP contribution in [-0.2, 0) is 32.7 Å². The lowest BCUT2D eigenvalue weighted by molar-refractivity contribution is -0.153. The third kappa shape index (κ3) is 36.7. The Morgan fingerprint density at radius 3 is 1.28 bits per heavy atom. The van der Waals surface area contributed by atoms with Crippen LogP contribution < -0.4 is 0 Å². The van der Waals surface area contributed by atoms with Gasteiger partial charge in [0.05, 0.1) is 26.4 Å². The second kappa shape index (κ2) is 38.2. The Bertz CT molecular complexity index is 1030. The Balaban J connectivity index is 3.96. The van der Waals surface area contributed by atoms with Crippen LogP contribution in [0, 0.1) is 0 Å². The van der Waals surface area contributed by atoms with Gasteiger partial charge in [0.1, 0.15) is 12.2 Å². The number of phosphoric ester groups is 1. The third-order valence-electron chi connectivity index (χ3n) is 8.56. The van der Waals surface area contributed by atoms with E-state index in [2.05, 4.69) is 62.5 Å². The van der Waals surface area contributed by atoms with E-state index in [0.717, 1.165) is 83.5 Å². The molecule has 0 aromatic heterocycles. The van der Waals surface area contributed by atoms with Crippen molar-refractivity contribution in [3.05, 3.63) is 48.6 Å². The Hall–Kier alpha value is -2.07. The molecule has 53 heavy (non-hydrogen) atoms. The number of aliphatic hydroxyl groups is 2. The van der Waals surface area contributed by atoms with Gasteiger partial charge >= 0.3 is 19.8 Å². The molecule has 3 atom stereocenters. The Labute approximate surface area is 322 Å². The number of carbonyl (C=O) groups is 2. The Kier molecular flexibility index (Phi) is 36.7. The van der Waals surface area contributed by atoms with Crippen LogP contribution in [0.15, 0.2) is 48.6 Å². The third-order valence-corrected chi connectivity index (χ3v) is 9.51. The van der Waals surface area contributed by atoms with Crippen LogP contribution in [0.5, 0.6) is 0 Å². The molecule has 0 spiro atoms. The highest BCUT2D eigenvalue weighted by molar-refractivity contribution is 7.47. The fourth-order valence-electron chi connectivity index (χ4n) is 5.40. The first-order valence-corrected chi connectivity index (χ1v) is 22.1. The van der Waals surface area contributed by atoms with Crippen molar-refractivity contribution in [2.24, 2.45) is 0 Å². The van der Waals surface area contributed by atoms with Crippen molar-refractivity contribution in [2.75, 3.05) is 26.4 Å². The molecule has 0 fully saturated rings. The second-order valence-corrected chi connectivity index (χ2v) is 15.0. The van der Waals surface area contributed by atoms with E-state index >= 15 is 0 Å². The van der Waals surface area contributed by atoms with Crippen LogP contribution in [0.3, 0.4) is 0 Å². The van der Waals surface area contributed by atoms with Gasteiger partial charge in [-0.2, -0.15) is 0 Å². The lowest BCUT2D eigenvalue weighted by Crippen LogP contribution is -2.28. The van der Waals surface area contributed by atoms with Gasteiger partial charge in [0.25, 0.3) is 0 Å². The van der Waals surface area contributed by atoms with E-state index in [1.807, 2.05) is 0 Å². The van der Waals surface area contributed by atoms with E-state index in [1.54, 1.807) is 0 Å². The maximum atomic E-state index is 12.3. The topological polar surface area (TPSA) is 149 Å². The summed E-state index contributed by atoms with van der Waals surface area (Å²) in [6.07, 6.45) is 39.4. The summed E-state index contributed by atoms with van der Waals surface area (Å²) in [6, 6.07) is 0. The van der Waals surface area contributed by atoms with Gasteiger partial charge in [0.15, 0.2) is 0 Å². The Morgan fingerprint density at radius 2 is 0.887 bits per heavy atom. The maximum absolute atomic E-state index is 12.3. The van der Waals surface area contributed by atoms with Crippen molar-refractivity contribution >= 4 is 19.8 Å². The summed E-state index contributed by atoms with van der Waals surface area (Å²) in [6.45, 7) is 2.06. The number of hydrogen-bond donors (Lipinski definition) is 3. The lowest BCUT2D eigenvalue weighted by Gasteiger charge is -2.20. The normalized spacial score (nSPS) is 14.4. The summed E-state index contributed by atoms with van der Waals surface area (Å²) in [7, 11) is -4.63. The number of rotatable bonds is 38. The molecule has 0 bridgehead atoms. The molecule has 0 saturated heterocycles. The number of allylic oxidation sites excluding steroid dienone is 8. The molecule has 11 heteroatoms. The quantitative estimate of drug-likeness (QED) is 0.0240. The van der Waals surface area contributed by atoms with E-state index in [9.17, 15) is 29.3 Å². The molecule has 0 aliphatic heterocycles. The summed E-state index contributed by atoms with van der Waals surface area (Å²) in [4.78, 5) is 34.4. The SMILES string of the molecule is CC/C=C\C/C=C\C/C=C\C/C=C\CCCCCCCCC(=O)OC(CO)COP(=O)(O)OCC(CO)OC(=O)CCCCCCCCCCCCC. The molecule has 0 radical (unpaired) electrons. The molecule has 0 aromatic carbocycles.